The van der Waals surface area contributed by atoms with E-state index >= 15 is 0 Å². The molecule has 2 aromatic rings. The van der Waals surface area contributed by atoms with Gasteiger partial charge in [0.15, 0.2) is 18.1 Å². The number of methoxy groups -OCH3 is 1. The highest BCUT2D eigenvalue weighted by atomic mass is 79.9. The fourth-order valence-corrected chi connectivity index (χ4v) is 2.48. The van der Waals surface area contributed by atoms with Crippen molar-refractivity contribution in [3.63, 3.8) is 0 Å². The molecule has 0 saturated carbocycles. The number of carbonyl (C=O) groups is 1. The van der Waals surface area contributed by atoms with Crippen molar-refractivity contribution in [3.8, 4) is 23.0 Å². The number of hydrogen-bond acceptors (Lipinski definition) is 6. The SMILES string of the molecule is COc1ccc(OCC(=O)N/N=C/c2cc3c(cc2Br)OCO3)cc1. The largest absolute Gasteiger partial charge is 0.497 e. The zero-order valence-electron chi connectivity index (χ0n) is 13.3. The van der Waals surface area contributed by atoms with E-state index in [1.807, 2.05) is 0 Å². The first-order valence-electron chi connectivity index (χ1n) is 7.33. The molecule has 0 aromatic heterocycles. The molecular formula is C17H15BrN2O5. The van der Waals surface area contributed by atoms with Gasteiger partial charge in [0.25, 0.3) is 5.91 Å². The van der Waals surface area contributed by atoms with Gasteiger partial charge in [-0.15, -0.1) is 0 Å². The molecule has 7 nitrogen and oxygen atoms in total. The van der Waals surface area contributed by atoms with E-state index < -0.39 is 0 Å². The second-order valence-electron chi connectivity index (χ2n) is 4.98. The van der Waals surface area contributed by atoms with Gasteiger partial charge in [-0.05, 0) is 52.3 Å². The average Bonchev–Trinajstić information content (AvgIpc) is 3.07. The minimum atomic E-state index is -0.371. The third kappa shape index (κ3) is 4.42. The van der Waals surface area contributed by atoms with E-state index in [1.165, 1.54) is 6.21 Å². The molecular weight excluding hydrogens is 392 g/mol. The summed E-state index contributed by atoms with van der Waals surface area (Å²) in [5.74, 6) is 2.22. The second-order valence-corrected chi connectivity index (χ2v) is 5.84. The molecule has 0 fully saturated rings. The van der Waals surface area contributed by atoms with E-state index in [1.54, 1.807) is 43.5 Å². The van der Waals surface area contributed by atoms with Crippen molar-refractivity contribution in [2.75, 3.05) is 20.5 Å². The van der Waals surface area contributed by atoms with Crippen LogP contribution in [0.3, 0.4) is 0 Å². The molecule has 1 aliphatic heterocycles. The average molecular weight is 407 g/mol. The highest BCUT2D eigenvalue weighted by molar-refractivity contribution is 9.10. The van der Waals surface area contributed by atoms with Crippen LogP contribution in [0.1, 0.15) is 5.56 Å². The minimum Gasteiger partial charge on any atom is -0.497 e. The Kier molecular flexibility index (Phi) is 5.39. The summed E-state index contributed by atoms with van der Waals surface area (Å²) >= 11 is 3.42. The molecule has 8 heteroatoms. The Balaban J connectivity index is 1.51. The Morgan fingerprint density at radius 1 is 1.24 bits per heavy atom. The third-order valence-corrected chi connectivity index (χ3v) is 4.00. The van der Waals surface area contributed by atoms with Gasteiger partial charge in [-0.1, -0.05) is 0 Å². The van der Waals surface area contributed by atoms with Crippen LogP contribution in [-0.2, 0) is 4.79 Å². The van der Waals surface area contributed by atoms with E-state index in [0.29, 0.717) is 17.2 Å². The lowest BCUT2D eigenvalue weighted by molar-refractivity contribution is -0.123. The summed E-state index contributed by atoms with van der Waals surface area (Å²) in [7, 11) is 1.58. The van der Waals surface area contributed by atoms with E-state index in [-0.39, 0.29) is 19.3 Å². The van der Waals surface area contributed by atoms with Crippen molar-refractivity contribution in [2.45, 2.75) is 0 Å². The maximum Gasteiger partial charge on any atom is 0.277 e. The first-order chi connectivity index (χ1) is 12.2. The molecule has 0 aliphatic carbocycles. The predicted octanol–water partition coefficient (Wildman–Crippen LogP) is 2.72. The normalized spacial score (nSPS) is 12.2. The van der Waals surface area contributed by atoms with Gasteiger partial charge in [0.05, 0.1) is 13.3 Å². The fourth-order valence-electron chi connectivity index (χ4n) is 2.06. The number of nitrogens with one attached hydrogen (secondary N) is 1. The predicted molar refractivity (Wildman–Crippen MR) is 94.5 cm³/mol. The molecule has 1 aliphatic rings. The van der Waals surface area contributed by atoms with Gasteiger partial charge in [0, 0.05) is 10.0 Å². The van der Waals surface area contributed by atoms with Crippen LogP contribution in [0, 0.1) is 0 Å². The zero-order valence-corrected chi connectivity index (χ0v) is 14.9. The Labute approximate surface area is 152 Å². The molecule has 1 heterocycles. The molecule has 0 bridgehead atoms. The molecule has 1 N–H and O–H groups in total. The number of nitrogens with zero attached hydrogens (tertiary/aromatic N) is 1. The first-order valence-corrected chi connectivity index (χ1v) is 8.13. The Morgan fingerprint density at radius 2 is 1.92 bits per heavy atom. The van der Waals surface area contributed by atoms with Gasteiger partial charge in [0.2, 0.25) is 6.79 Å². The van der Waals surface area contributed by atoms with E-state index in [9.17, 15) is 4.79 Å². The summed E-state index contributed by atoms with van der Waals surface area (Å²) in [5.41, 5.74) is 3.16. The lowest BCUT2D eigenvalue weighted by atomic mass is 10.2. The van der Waals surface area contributed by atoms with Crippen LogP contribution < -0.4 is 24.4 Å². The monoisotopic (exact) mass is 406 g/mol. The van der Waals surface area contributed by atoms with E-state index in [2.05, 4.69) is 26.5 Å². The van der Waals surface area contributed by atoms with Crippen LogP contribution in [-0.4, -0.2) is 32.6 Å². The number of benzene rings is 2. The highest BCUT2D eigenvalue weighted by Crippen LogP contribution is 2.36. The lowest BCUT2D eigenvalue weighted by Crippen LogP contribution is -2.24. The maximum absolute atomic E-state index is 11.8. The smallest absolute Gasteiger partial charge is 0.277 e. The number of ether oxygens (including phenoxy) is 4. The lowest BCUT2D eigenvalue weighted by Gasteiger charge is -2.06. The summed E-state index contributed by atoms with van der Waals surface area (Å²) < 4.78 is 21.8. The van der Waals surface area contributed by atoms with Crippen LogP contribution >= 0.6 is 15.9 Å². The van der Waals surface area contributed by atoms with Crippen LogP contribution in [0.4, 0.5) is 0 Å². The topological polar surface area (TPSA) is 78.4 Å². The van der Waals surface area contributed by atoms with Gasteiger partial charge in [0.1, 0.15) is 11.5 Å². The van der Waals surface area contributed by atoms with Crippen LogP contribution in [0.25, 0.3) is 0 Å². The van der Waals surface area contributed by atoms with Gasteiger partial charge < -0.3 is 18.9 Å². The molecule has 1 amide bonds. The minimum absolute atomic E-state index is 0.147. The molecule has 2 aromatic carbocycles. The van der Waals surface area contributed by atoms with Crippen molar-refractivity contribution < 1.29 is 23.7 Å². The quantitative estimate of drug-likeness (QED) is 0.589. The van der Waals surface area contributed by atoms with Crippen molar-refractivity contribution in [1.29, 1.82) is 0 Å². The standard InChI is InChI=1S/C17H15BrN2O5/c1-22-12-2-4-13(5-3-12)23-9-17(21)20-19-8-11-6-15-16(7-14(11)18)25-10-24-15/h2-8H,9-10H2,1H3,(H,20,21)/b19-8+. The molecule has 25 heavy (non-hydrogen) atoms. The summed E-state index contributed by atoms with van der Waals surface area (Å²) in [5, 5.41) is 3.92. The summed E-state index contributed by atoms with van der Waals surface area (Å²) in [4.78, 5) is 11.8. The second kappa shape index (κ2) is 7.89. The van der Waals surface area contributed by atoms with E-state index in [4.69, 9.17) is 18.9 Å². The van der Waals surface area contributed by atoms with E-state index in [0.717, 1.165) is 15.8 Å². The Hall–Kier alpha value is -2.74. The van der Waals surface area contributed by atoms with Crippen LogP contribution in [0.5, 0.6) is 23.0 Å². The van der Waals surface area contributed by atoms with Crippen molar-refractivity contribution in [1.82, 2.24) is 5.43 Å². The number of carbonyl (C=O) groups excluding carboxylic acids is 1. The number of hydrazone groups is 1. The highest BCUT2D eigenvalue weighted by Gasteiger charge is 2.15. The van der Waals surface area contributed by atoms with Gasteiger partial charge in [-0.25, -0.2) is 5.43 Å². The fraction of sp³-hybridized carbons (Fsp3) is 0.176. The Bertz CT molecular complexity index is 792. The summed E-state index contributed by atoms with van der Waals surface area (Å²) in [6.45, 7) is 0.0494. The molecule has 0 spiro atoms. The zero-order chi connectivity index (χ0) is 17.6. The van der Waals surface area contributed by atoms with Crippen LogP contribution in [0.15, 0.2) is 46.0 Å². The van der Waals surface area contributed by atoms with Gasteiger partial charge in [-0.3, -0.25) is 4.79 Å². The number of fused-ring (bicyclic) bond motifs is 1. The molecule has 0 unspecified atom stereocenters. The van der Waals surface area contributed by atoms with Crippen molar-refractivity contribution in [2.24, 2.45) is 5.10 Å². The maximum atomic E-state index is 11.8. The number of amides is 1. The molecule has 0 atom stereocenters. The molecule has 0 saturated heterocycles. The molecule has 3 rings (SSSR count). The number of hydrogen-bond donors (Lipinski definition) is 1. The van der Waals surface area contributed by atoms with Gasteiger partial charge >= 0.3 is 0 Å². The van der Waals surface area contributed by atoms with Crippen molar-refractivity contribution in [3.05, 3.63) is 46.4 Å². The molecule has 130 valence electrons. The molecule has 0 radical (unpaired) electrons. The third-order valence-electron chi connectivity index (χ3n) is 3.31. The van der Waals surface area contributed by atoms with Crippen molar-refractivity contribution >= 4 is 28.1 Å². The summed E-state index contributed by atoms with van der Waals surface area (Å²) in [6.07, 6.45) is 1.51. The first kappa shape index (κ1) is 17.1. The van der Waals surface area contributed by atoms with Crippen LogP contribution in [0.2, 0.25) is 0 Å². The number of halogens is 1. The number of rotatable bonds is 6. The Morgan fingerprint density at radius 3 is 2.64 bits per heavy atom. The summed E-state index contributed by atoms with van der Waals surface area (Å²) in [6, 6.07) is 10.5. The van der Waals surface area contributed by atoms with Gasteiger partial charge in [-0.2, -0.15) is 5.10 Å².